The van der Waals surface area contributed by atoms with Crippen LogP contribution in [0.25, 0.3) is 0 Å². The fourth-order valence-electron chi connectivity index (χ4n) is 3.29. The monoisotopic (exact) mass is 197 g/mol. The maximum Gasteiger partial charge on any atom is 0.0584 e. The lowest BCUT2D eigenvalue weighted by Crippen LogP contribution is -2.37. The van der Waals surface area contributed by atoms with Gasteiger partial charge in [0.15, 0.2) is 0 Å². The third kappa shape index (κ3) is 1.96. The zero-order valence-corrected chi connectivity index (χ0v) is 9.45. The minimum absolute atomic E-state index is 0.289. The third-order valence-electron chi connectivity index (χ3n) is 4.42. The second-order valence-corrected chi connectivity index (χ2v) is 5.41. The molecule has 0 aromatic heterocycles. The first-order chi connectivity index (χ1) is 6.70. The van der Waals surface area contributed by atoms with Crippen molar-refractivity contribution in [3.05, 3.63) is 0 Å². The molecule has 1 N–H and O–H groups in total. The van der Waals surface area contributed by atoms with Gasteiger partial charge in [0.25, 0.3) is 0 Å². The van der Waals surface area contributed by atoms with Crippen LogP contribution in [0, 0.1) is 17.8 Å². The number of aliphatic hydroxyl groups excluding tert-OH is 1. The predicted octanol–water partition coefficient (Wildman–Crippen LogP) is 1.74. The summed E-state index contributed by atoms with van der Waals surface area (Å²) in [6, 6.07) is 0.328. The average molecular weight is 197 g/mol. The summed E-state index contributed by atoms with van der Waals surface area (Å²) in [6.07, 6.45) is 5.90. The van der Waals surface area contributed by atoms with Gasteiger partial charge >= 0.3 is 0 Å². The zero-order valence-electron chi connectivity index (χ0n) is 9.45. The van der Waals surface area contributed by atoms with Crippen molar-refractivity contribution in [3.8, 4) is 0 Å². The Balaban J connectivity index is 1.80. The SMILES string of the molecule is CC(CO)N(C)CC1CC2CCC1C2. The first-order valence-electron chi connectivity index (χ1n) is 6.01. The standard InChI is InChI=1S/C12H23NO/c1-9(8-14)13(2)7-12-6-10-3-4-11(12)5-10/h9-12,14H,3-8H2,1-2H3. The maximum absolute atomic E-state index is 9.07. The van der Waals surface area contributed by atoms with Gasteiger partial charge in [0.2, 0.25) is 0 Å². The Morgan fingerprint density at radius 1 is 1.36 bits per heavy atom. The van der Waals surface area contributed by atoms with E-state index in [0.717, 1.165) is 17.8 Å². The fourth-order valence-corrected chi connectivity index (χ4v) is 3.29. The number of likely N-dealkylation sites (N-methyl/N-ethyl adjacent to an activating group) is 1. The summed E-state index contributed by atoms with van der Waals surface area (Å²) in [5.74, 6) is 2.98. The molecule has 0 spiro atoms. The molecule has 2 bridgehead atoms. The van der Waals surface area contributed by atoms with Crippen LogP contribution < -0.4 is 0 Å². The fraction of sp³-hybridized carbons (Fsp3) is 1.00. The van der Waals surface area contributed by atoms with Gasteiger partial charge in [-0.3, -0.25) is 0 Å². The van der Waals surface area contributed by atoms with Gasteiger partial charge in [-0.1, -0.05) is 6.42 Å². The van der Waals surface area contributed by atoms with Gasteiger partial charge in [0.05, 0.1) is 6.61 Å². The molecule has 2 aliphatic rings. The van der Waals surface area contributed by atoms with Crippen LogP contribution in [0.5, 0.6) is 0 Å². The largest absolute Gasteiger partial charge is 0.395 e. The summed E-state index contributed by atoms with van der Waals surface area (Å²) < 4.78 is 0. The summed E-state index contributed by atoms with van der Waals surface area (Å²) in [7, 11) is 2.15. The quantitative estimate of drug-likeness (QED) is 0.742. The molecule has 0 aromatic rings. The van der Waals surface area contributed by atoms with E-state index in [1.165, 1.54) is 32.2 Å². The minimum atomic E-state index is 0.289. The lowest BCUT2D eigenvalue weighted by molar-refractivity contribution is 0.127. The summed E-state index contributed by atoms with van der Waals surface area (Å²) in [5.41, 5.74) is 0. The molecule has 2 saturated carbocycles. The van der Waals surface area contributed by atoms with E-state index in [-0.39, 0.29) is 6.61 Å². The molecular formula is C12H23NO. The molecule has 0 aliphatic heterocycles. The first kappa shape index (κ1) is 10.4. The normalized spacial score (nSPS) is 38.1. The average Bonchev–Trinajstić information content (AvgIpc) is 2.77. The van der Waals surface area contributed by atoms with E-state index in [1.807, 2.05) is 0 Å². The summed E-state index contributed by atoms with van der Waals surface area (Å²) in [5, 5.41) is 9.07. The Morgan fingerprint density at radius 2 is 2.14 bits per heavy atom. The molecule has 14 heavy (non-hydrogen) atoms. The third-order valence-corrected chi connectivity index (χ3v) is 4.42. The molecule has 82 valence electrons. The zero-order chi connectivity index (χ0) is 10.1. The van der Waals surface area contributed by atoms with Crippen molar-refractivity contribution in [1.29, 1.82) is 0 Å². The van der Waals surface area contributed by atoms with E-state index in [4.69, 9.17) is 5.11 Å². The minimum Gasteiger partial charge on any atom is -0.395 e. The highest BCUT2D eigenvalue weighted by atomic mass is 16.3. The maximum atomic E-state index is 9.07. The molecule has 4 unspecified atom stereocenters. The van der Waals surface area contributed by atoms with Gasteiger partial charge in [-0.25, -0.2) is 0 Å². The van der Waals surface area contributed by atoms with E-state index in [9.17, 15) is 0 Å². The van der Waals surface area contributed by atoms with E-state index >= 15 is 0 Å². The topological polar surface area (TPSA) is 23.5 Å². The molecule has 4 atom stereocenters. The number of fused-ring (bicyclic) bond motifs is 2. The number of hydrogen-bond acceptors (Lipinski definition) is 2. The second kappa shape index (κ2) is 4.19. The number of rotatable bonds is 4. The molecule has 0 amide bonds. The molecule has 2 heteroatoms. The van der Waals surface area contributed by atoms with Crippen molar-refractivity contribution in [2.75, 3.05) is 20.2 Å². The molecule has 2 fully saturated rings. The Labute approximate surface area is 87.3 Å². The molecule has 2 nitrogen and oxygen atoms in total. The smallest absolute Gasteiger partial charge is 0.0584 e. The van der Waals surface area contributed by atoms with Crippen LogP contribution in [0.1, 0.15) is 32.6 Å². The second-order valence-electron chi connectivity index (χ2n) is 5.41. The van der Waals surface area contributed by atoms with E-state index < -0.39 is 0 Å². The van der Waals surface area contributed by atoms with Gasteiger partial charge in [0, 0.05) is 12.6 Å². The number of nitrogens with zero attached hydrogens (tertiary/aromatic N) is 1. The molecular weight excluding hydrogens is 174 g/mol. The summed E-state index contributed by atoms with van der Waals surface area (Å²) >= 11 is 0. The van der Waals surface area contributed by atoms with E-state index in [0.29, 0.717) is 6.04 Å². The van der Waals surface area contributed by atoms with Crippen LogP contribution in [-0.4, -0.2) is 36.2 Å². The van der Waals surface area contributed by atoms with Crippen LogP contribution in [-0.2, 0) is 0 Å². The Kier molecular flexibility index (Phi) is 3.13. The van der Waals surface area contributed by atoms with Crippen molar-refractivity contribution in [3.63, 3.8) is 0 Å². The van der Waals surface area contributed by atoms with Crippen molar-refractivity contribution < 1.29 is 5.11 Å². The van der Waals surface area contributed by atoms with Crippen LogP contribution in [0.3, 0.4) is 0 Å². The van der Waals surface area contributed by atoms with E-state index in [2.05, 4.69) is 18.9 Å². The van der Waals surface area contributed by atoms with Gasteiger partial charge in [-0.15, -0.1) is 0 Å². The van der Waals surface area contributed by atoms with Gasteiger partial charge in [-0.05, 0) is 51.0 Å². The lowest BCUT2D eigenvalue weighted by Gasteiger charge is -2.30. The van der Waals surface area contributed by atoms with Crippen molar-refractivity contribution in [1.82, 2.24) is 4.90 Å². The first-order valence-corrected chi connectivity index (χ1v) is 6.01. The summed E-state index contributed by atoms with van der Waals surface area (Å²) in [4.78, 5) is 2.32. The molecule has 0 radical (unpaired) electrons. The predicted molar refractivity (Wildman–Crippen MR) is 58.1 cm³/mol. The number of aliphatic hydroxyl groups is 1. The molecule has 0 heterocycles. The highest BCUT2D eigenvalue weighted by Gasteiger charge is 2.39. The van der Waals surface area contributed by atoms with E-state index in [1.54, 1.807) is 0 Å². The molecule has 2 rings (SSSR count). The lowest BCUT2D eigenvalue weighted by atomic mass is 9.88. The van der Waals surface area contributed by atoms with Gasteiger partial charge in [0.1, 0.15) is 0 Å². The Hall–Kier alpha value is -0.0800. The Morgan fingerprint density at radius 3 is 2.64 bits per heavy atom. The van der Waals surface area contributed by atoms with Crippen LogP contribution in [0.2, 0.25) is 0 Å². The van der Waals surface area contributed by atoms with Gasteiger partial charge < -0.3 is 10.0 Å². The van der Waals surface area contributed by atoms with Crippen molar-refractivity contribution in [2.45, 2.75) is 38.6 Å². The van der Waals surface area contributed by atoms with Crippen LogP contribution in [0.15, 0.2) is 0 Å². The van der Waals surface area contributed by atoms with Crippen LogP contribution >= 0.6 is 0 Å². The van der Waals surface area contributed by atoms with Gasteiger partial charge in [-0.2, -0.15) is 0 Å². The highest BCUT2D eigenvalue weighted by Crippen LogP contribution is 2.48. The Bertz CT molecular complexity index is 195. The molecule has 0 saturated heterocycles. The molecule has 0 aromatic carbocycles. The highest BCUT2D eigenvalue weighted by molar-refractivity contribution is 4.91. The van der Waals surface area contributed by atoms with Crippen molar-refractivity contribution in [2.24, 2.45) is 17.8 Å². The van der Waals surface area contributed by atoms with Crippen molar-refractivity contribution >= 4 is 0 Å². The summed E-state index contributed by atoms with van der Waals surface area (Å²) in [6.45, 7) is 3.59. The molecule has 2 aliphatic carbocycles. The van der Waals surface area contributed by atoms with Crippen LogP contribution in [0.4, 0.5) is 0 Å². The number of hydrogen-bond donors (Lipinski definition) is 1.